The fraction of sp³-hybridized carbons (Fsp3) is 0. The van der Waals surface area contributed by atoms with Crippen LogP contribution in [0.4, 0.5) is 11.5 Å². The molecule has 1 aromatic heterocycles. The quantitative estimate of drug-likeness (QED) is 0.711. The summed E-state index contributed by atoms with van der Waals surface area (Å²) in [5.41, 5.74) is 5.87. The van der Waals surface area contributed by atoms with Crippen LogP contribution in [0, 0.1) is 0 Å². The van der Waals surface area contributed by atoms with Gasteiger partial charge in [-0.25, -0.2) is 5.10 Å². The third-order valence-electron chi connectivity index (χ3n) is 2.18. The molecule has 0 unspecified atom stereocenters. The molecule has 0 radical (unpaired) electrons. The molecule has 0 atom stereocenters. The van der Waals surface area contributed by atoms with Gasteiger partial charge in [-0.1, -0.05) is 11.6 Å². The van der Waals surface area contributed by atoms with Gasteiger partial charge in [0.2, 0.25) is 0 Å². The van der Waals surface area contributed by atoms with Crippen LogP contribution in [0.25, 0.3) is 0 Å². The Labute approximate surface area is 107 Å². The molecule has 4 N–H and O–H groups in total. The van der Waals surface area contributed by atoms with Gasteiger partial charge in [0.1, 0.15) is 0 Å². The van der Waals surface area contributed by atoms with Crippen molar-refractivity contribution in [2.24, 2.45) is 0 Å². The standard InChI is InChI=1S/C11H9ClN4O2/c12-6-1-2-8(13)7(5-6)11(18)14-9-3-4-10(17)16-15-9/h1-5H,13H2,(H,16,17)(H,14,15,18). The van der Waals surface area contributed by atoms with Gasteiger partial charge in [-0.05, 0) is 24.3 Å². The Hall–Kier alpha value is -2.34. The van der Waals surface area contributed by atoms with Gasteiger partial charge in [-0.2, -0.15) is 5.10 Å². The predicted molar refractivity (Wildman–Crippen MR) is 68.7 cm³/mol. The van der Waals surface area contributed by atoms with Crippen molar-refractivity contribution in [1.82, 2.24) is 10.2 Å². The van der Waals surface area contributed by atoms with Crippen molar-refractivity contribution >= 4 is 29.0 Å². The van der Waals surface area contributed by atoms with Crippen LogP contribution < -0.4 is 16.6 Å². The molecule has 1 heterocycles. The lowest BCUT2D eigenvalue weighted by Gasteiger charge is -2.06. The highest BCUT2D eigenvalue weighted by molar-refractivity contribution is 6.31. The predicted octanol–water partition coefficient (Wildman–Crippen LogP) is 1.26. The summed E-state index contributed by atoms with van der Waals surface area (Å²) < 4.78 is 0. The summed E-state index contributed by atoms with van der Waals surface area (Å²) in [6, 6.07) is 7.22. The summed E-state index contributed by atoms with van der Waals surface area (Å²) in [6.45, 7) is 0. The number of amides is 1. The molecular weight excluding hydrogens is 256 g/mol. The van der Waals surface area contributed by atoms with Crippen LogP contribution in [0.2, 0.25) is 5.02 Å². The highest BCUT2D eigenvalue weighted by Crippen LogP contribution is 2.18. The van der Waals surface area contributed by atoms with Gasteiger partial charge in [0.25, 0.3) is 11.5 Å². The van der Waals surface area contributed by atoms with Gasteiger partial charge in [0.05, 0.1) is 5.56 Å². The number of nitrogens with one attached hydrogen (secondary N) is 2. The number of nitrogens with two attached hydrogens (primary N) is 1. The van der Waals surface area contributed by atoms with Crippen molar-refractivity contribution in [2.45, 2.75) is 0 Å². The van der Waals surface area contributed by atoms with Gasteiger partial charge < -0.3 is 11.1 Å². The van der Waals surface area contributed by atoms with Crippen LogP contribution in [-0.4, -0.2) is 16.1 Å². The van der Waals surface area contributed by atoms with Crippen LogP contribution in [-0.2, 0) is 0 Å². The number of benzene rings is 1. The molecular formula is C11H9ClN4O2. The van der Waals surface area contributed by atoms with E-state index in [1.807, 2.05) is 0 Å². The number of hydrogen-bond acceptors (Lipinski definition) is 4. The zero-order valence-electron chi connectivity index (χ0n) is 9.11. The van der Waals surface area contributed by atoms with Gasteiger partial charge in [-0.15, -0.1) is 0 Å². The average Bonchev–Trinajstić information content (AvgIpc) is 2.35. The Balaban J connectivity index is 2.24. The van der Waals surface area contributed by atoms with Crippen LogP contribution in [0.1, 0.15) is 10.4 Å². The zero-order valence-corrected chi connectivity index (χ0v) is 9.86. The second-order valence-electron chi connectivity index (χ2n) is 3.49. The van der Waals surface area contributed by atoms with E-state index in [1.54, 1.807) is 6.07 Å². The van der Waals surface area contributed by atoms with Crippen molar-refractivity contribution in [2.75, 3.05) is 11.1 Å². The molecule has 2 rings (SSSR count). The molecule has 1 aromatic carbocycles. The van der Waals surface area contributed by atoms with Gasteiger partial charge in [0, 0.05) is 16.8 Å². The molecule has 1 amide bonds. The smallest absolute Gasteiger partial charge is 0.264 e. The first-order valence-electron chi connectivity index (χ1n) is 4.98. The maximum absolute atomic E-state index is 11.9. The third kappa shape index (κ3) is 2.67. The maximum atomic E-state index is 11.9. The van der Waals surface area contributed by atoms with E-state index < -0.39 is 5.91 Å². The number of hydrogen-bond donors (Lipinski definition) is 3. The van der Waals surface area contributed by atoms with Crippen LogP contribution >= 0.6 is 11.6 Å². The molecule has 0 aliphatic carbocycles. The van der Waals surface area contributed by atoms with E-state index in [-0.39, 0.29) is 16.9 Å². The van der Waals surface area contributed by atoms with Gasteiger partial charge in [0.15, 0.2) is 5.82 Å². The molecule has 92 valence electrons. The first-order valence-corrected chi connectivity index (χ1v) is 5.36. The Morgan fingerprint density at radius 1 is 1.33 bits per heavy atom. The minimum Gasteiger partial charge on any atom is -0.398 e. The van der Waals surface area contributed by atoms with E-state index in [0.29, 0.717) is 10.7 Å². The summed E-state index contributed by atoms with van der Waals surface area (Å²) in [6.07, 6.45) is 0. The zero-order chi connectivity index (χ0) is 13.1. The van der Waals surface area contributed by atoms with Crippen LogP contribution in [0.5, 0.6) is 0 Å². The molecule has 0 saturated heterocycles. The van der Waals surface area contributed by atoms with Gasteiger partial charge in [-0.3, -0.25) is 9.59 Å². The number of carbonyl (C=O) groups excluding carboxylic acids is 1. The number of carbonyl (C=O) groups is 1. The summed E-state index contributed by atoms with van der Waals surface area (Å²) in [7, 11) is 0. The second-order valence-corrected chi connectivity index (χ2v) is 3.93. The molecule has 0 bridgehead atoms. The summed E-state index contributed by atoms with van der Waals surface area (Å²) in [4.78, 5) is 22.7. The number of aromatic amines is 1. The topological polar surface area (TPSA) is 101 Å². The lowest BCUT2D eigenvalue weighted by atomic mass is 10.1. The Kier molecular flexibility index (Phi) is 3.29. The Morgan fingerprint density at radius 3 is 2.78 bits per heavy atom. The number of rotatable bonds is 2. The third-order valence-corrected chi connectivity index (χ3v) is 2.42. The number of nitrogen functional groups attached to an aromatic ring is 1. The number of halogens is 1. The minimum atomic E-state index is -0.449. The summed E-state index contributed by atoms with van der Waals surface area (Å²) in [5, 5.41) is 8.76. The SMILES string of the molecule is Nc1ccc(Cl)cc1C(=O)Nc1ccc(=O)[nH]n1. The van der Waals surface area contributed by atoms with Crippen LogP contribution in [0.3, 0.4) is 0 Å². The normalized spacial score (nSPS) is 10.1. The largest absolute Gasteiger partial charge is 0.398 e. The highest BCUT2D eigenvalue weighted by Gasteiger charge is 2.11. The van der Waals surface area contributed by atoms with Crippen molar-refractivity contribution in [3.63, 3.8) is 0 Å². The van der Waals surface area contributed by atoms with Gasteiger partial charge >= 0.3 is 0 Å². The van der Waals surface area contributed by atoms with E-state index in [9.17, 15) is 9.59 Å². The van der Waals surface area contributed by atoms with E-state index in [2.05, 4.69) is 15.5 Å². The molecule has 18 heavy (non-hydrogen) atoms. The number of anilines is 2. The minimum absolute atomic E-state index is 0.221. The van der Waals surface area contributed by atoms with Crippen molar-refractivity contribution in [3.05, 3.63) is 51.3 Å². The monoisotopic (exact) mass is 264 g/mol. The fourth-order valence-electron chi connectivity index (χ4n) is 1.32. The van der Waals surface area contributed by atoms with E-state index >= 15 is 0 Å². The fourth-order valence-corrected chi connectivity index (χ4v) is 1.49. The van der Waals surface area contributed by atoms with Crippen LogP contribution in [0.15, 0.2) is 35.1 Å². The van der Waals surface area contributed by atoms with E-state index in [0.717, 1.165) is 0 Å². The second kappa shape index (κ2) is 4.89. The van der Waals surface area contributed by atoms with Crippen molar-refractivity contribution in [3.8, 4) is 0 Å². The Bertz CT molecular complexity index is 633. The summed E-state index contributed by atoms with van der Waals surface area (Å²) in [5.74, 6) is -0.228. The molecule has 7 heteroatoms. The molecule has 2 aromatic rings. The van der Waals surface area contributed by atoms with E-state index in [1.165, 1.54) is 24.3 Å². The molecule has 0 saturated carbocycles. The average molecular weight is 265 g/mol. The van der Waals surface area contributed by atoms with E-state index in [4.69, 9.17) is 17.3 Å². The first kappa shape index (κ1) is 12.1. The molecule has 0 aliphatic heterocycles. The first-order chi connectivity index (χ1) is 8.56. The van der Waals surface area contributed by atoms with Crippen molar-refractivity contribution in [1.29, 1.82) is 0 Å². The summed E-state index contributed by atoms with van der Waals surface area (Å²) >= 11 is 5.79. The number of aromatic nitrogens is 2. The maximum Gasteiger partial charge on any atom is 0.264 e. The molecule has 0 aliphatic rings. The lowest BCUT2D eigenvalue weighted by molar-refractivity contribution is 0.102. The number of H-pyrrole nitrogens is 1. The molecule has 0 fully saturated rings. The van der Waals surface area contributed by atoms with Crippen molar-refractivity contribution < 1.29 is 4.79 Å². The lowest BCUT2D eigenvalue weighted by Crippen LogP contribution is -2.17. The molecule has 6 nitrogen and oxygen atoms in total. The highest BCUT2D eigenvalue weighted by atomic mass is 35.5. The number of nitrogens with zero attached hydrogens (tertiary/aromatic N) is 1. The molecule has 0 spiro atoms. The Morgan fingerprint density at radius 2 is 2.11 bits per heavy atom.